The van der Waals surface area contributed by atoms with Gasteiger partial charge in [-0.3, -0.25) is 0 Å². The Hall–Kier alpha value is -5.29. The molecule has 0 saturated heterocycles. The number of aromatic nitrogens is 3. The van der Waals surface area contributed by atoms with Crippen LogP contribution >= 0.6 is 0 Å². The number of phenols is 2. The number of phenolic OH excluding ortho intramolecular Hbond substituents is 2. The second-order valence-corrected chi connectivity index (χ2v) is 12.2. The van der Waals surface area contributed by atoms with Crippen LogP contribution in [-0.2, 0) is 6.42 Å². The van der Waals surface area contributed by atoms with Crippen LogP contribution in [0, 0.1) is 5.92 Å². The van der Waals surface area contributed by atoms with Crippen molar-refractivity contribution in [3.05, 3.63) is 127 Å². The minimum Gasteiger partial charge on any atom is -0.507 e. The third kappa shape index (κ3) is 7.16. The number of benzene rings is 5. The first-order chi connectivity index (χ1) is 22.5. The fourth-order valence-electron chi connectivity index (χ4n) is 5.72. The standard InChI is InChI=1S/C41H39N3O2/c1-28(2)12-6-3-11-17-33-26-27-36(45)37(38(33)46)41-43-39(34-22-18-31(19-23-34)29-13-7-4-8-14-29)42-40(44-41)35-24-20-32(21-25-35)30-15-9-5-10-16-30/h4-5,7-10,13-16,18-28,45-46H,3,6,11-12,17H2,1-2H3. The van der Waals surface area contributed by atoms with Crippen LogP contribution in [0.3, 0.4) is 0 Å². The van der Waals surface area contributed by atoms with E-state index in [0.29, 0.717) is 24.0 Å². The second kappa shape index (κ2) is 14.2. The molecule has 0 atom stereocenters. The zero-order valence-electron chi connectivity index (χ0n) is 26.4. The quantitative estimate of drug-likeness (QED) is 0.144. The number of nitrogens with zero attached hydrogens (tertiary/aromatic N) is 3. The third-order valence-electron chi connectivity index (χ3n) is 8.33. The largest absolute Gasteiger partial charge is 0.507 e. The molecule has 2 N–H and O–H groups in total. The molecular weight excluding hydrogens is 566 g/mol. The highest BCUT2D eigenvalue weighted by atomic mass is 16.3. The normalized spacial score (nSPS) is 11.2. The summed E-state index contributed by atoms with van der Waals surface area (Å²) in [6.45, 7) is 4.48. The van der Waals surface area contributed by atoms with E-state index in [4.69, 9.17) is 15.0 Å². The van der Waals surface area contributed by atoms with E-state index in [1.807, 2.05) is 60.7 Å². The van der Waals surface area contributed by atoms with Crippen LogP contribution in [0.1, 0.15) is 45.1 Å². The van der Waals surface area contributed by atoms with Crippen LogP contribution in [0.25, 0.3) is 56.4 Å². The van der Waals surface area contributed by atoms with Gasteiger partial charge >= 0.3 is 0 Å². The molecule has 0 aliphatic heterocycles. The van der Waals surface area contributed by atoms with Crippen LogP contribution < -0.4 is 0 Å². The van der Waals surface area contributed by atoms with E-state index in [0.717, 1.165) is 58.2 Å². The smallest absolute Gasteiger partial charge is 0.171 e. The van der Waals surface area contributed by atoms with Gasteiger partial charge in [0.2, 0.25) is 0 Å². The molecule has 0 aliphatic carbocycles. The Morgan fingerprint density at radius 3 is 1.43 bits per heavy atom. The molecule has 6 aromatic rings. The molecule has 230 valence electrons. The van der Waals surface area contributed by atoms with Crippen molar-refractivity contribution in [2.75, 3.05) is 0 Å². The topological polar surface area (TPSA) is 79.1 Å². The first-order valence-corrected chi connectivity index (χ1v) is 16.1. The van der Waals surface area contributed by atoms with Gasteiger partial charge in [0.15, 0.2) is 17.5 Å². The lowest BCUT2D eigenvalue weighted by Crippen LogP contribution is -2.01. The SMILES string of the molecule is CC(C)CCCCCc1ccc(O)c(-c2nc(-c3ccc(-c4ccccc4)cc3)nc(-c3ccc(-c4ccccc4)cc3)n2)c1O. The maximum atomic E-state index is 11.5. The van der Waals surface area contributed by atoms with Gasteiger partial charge in [0.1, 0.15) is 17.1 Å². The third-order valence-corrected chi connectivity index (χ3v) is 8.33. The number of unbranched alkanes of at least 4 members (excludes halogenated alkanes) is 2. The number of rotatable bonds is 11. The lowest BCUT2D eigenvalue weighted by Gasteiger charge is -2.14. The molecular formula is C41H39N3O2. The minimum atomic E-state index is -0.0667. The first-order valence-electron chi connectivity index (χ1n) is 16.1. The second-order valence-electron chi connectivity index (χ2n) is 12.2. The molecule has 0 bridgehead atoms. The fraction of sp³-hybridized carbons (Fsp3) is 0.195. The highest BCUT2D eigenvalue weighted by Crippen LogP contribution is 2.40. The van der Waals surface area contributed by atoms with Gasteiger partial charge in [0.05, 0.1) is 0 Å². The average molecular weight is 606 g/mol. The molecule has 0 radical (unpaired) electrons. The number of aryl methyl sites for hydroxylation is 1. The number of hydrogen-bond acceptors (Lipinski definition) is 5. The molecule has 5 nitrogen and oxygen atoms in total. The van der Waals surface area contributed by atoms with Crippen LogP contribution in [0.2, 0.25) is 0 Å². The van der Waals surface area contributed by atoms with Gasteiger partial charge in [-0.2, -0.15) is 0 Å². The maximum absolute atomic E-state index is 11.5. The fourth-order valence-corrected chi connectivity index (χ4v) is 5.72. The Morgan fingerprint density at radius 2 is 0.935 bits per heavy atom. The van der Waals surface area contributed by atoms with E-state index in [9.17, 15) is 10.2 Å². The molecule has 0 spiro atoms. The summed E-state index contributed by atoms with van der Waals surface area (Å²) >= 11 is 0. The van der Waals surface area contributed by atoms with Crippen molar-refractivity contribution in [2.45, 2.75) is 46.0 Å². The van der Waals surface area contributed by atoms with E-state index >= 15 is 0 Å². The molecule has 0 aliphatic rings. The molecule has 1 heterocycles. The molecule has 0 unspecified atom stereocenters. The summed E-state index contributed by atoms with van der Waals surface area (Å²) in [5, 5.41) is 22.5. The van der Waals surface area contributed by atoms with Crippen LogP contribution in [0.4, 0.5) is 0 Å². The van der Waals surface area contributed by atoms with Crippen LogP contribution in [0.15, 0.2) is 121 Å². The van der Waals surface area contributed by atoms with E-state index in [1.165, 1.54) is 6.42 Å². The van der Waals surface area contributed by atoms with Crippen LogP contribution in [-0.4, -0.2) is 25.2 Å². The highest BCUT2D eigenvalue weighted by Gasteiger charge is 2.20. The first kappa shape index (κ1) is 30.7. The van der Waals surface area contributed by atoms with Gasteiger partial charge < -0.3 is 10.2 Å². The van der Waals surface area contributed by atoms with Crippen molar-refractivity contribution in [1.82, 2.24) is 15.0 Å². The summed E-state index contributed by atoms with van der Waals surface area (Å²) < 4.78 is 0. The molecule has 46 heavy (non-hydrogen) atoms. The summed E-state index contributed by atoms with van der Waals surface area (Å²) in [5.41, 5.74) is 7.06. The molecule has 1 aromatic heterocycles. The maximum Gasteiger partial charge on any atom is 0.171 e. The van der Waals surface area contributed by atoms with Crippen molar-refractivity contribution in [3.8, 4) is 67.9 Å². The van der Waals surface area contributed by atoms with Gasteiger partial charge in [-0.05, 0) is 52.6 Å². The molecule has 0 saturated carbocycles. The van der Waals surface area contributed by atoms with Gasteiger partial charge in [-0.1, -0.05) is 148 Å². The van der Waals surface area contributed by atoms with E-state index in [-0.39, 0.29) is 22.9 Å². The predicted molar refractivity (Wildman–Crippen MR) is 187 cm³/mol. The van der Waals surface area contributed by atoms with E-state index < -0.39 is 0 Å². The summed E-state index contributed by atoms with van der Waals surface area (Å²) in [5.74, 6) is 1.80. The highest BCUT2D eigenvalue weighted by molar-refractivity contribution is 5.77. The summed E-state index contributed by atoms with van der Waals surface area (Å²) in [4.78, 5) is 14.5. The lowest BCUT2D eigenvalue weighted by molar-refractivity contribution is 0.447. The monoisotopic (exact) mass is 605 g/mol. The summed E-state index contributed by atoms with van der Waals surface area (Å²) in [6, 6.07) is 40.0. The minimum absolute atomic E-state index is 0.0193. The average Bonchev–Trinajstić information content (AvgIpc) is 3.10. The summed E-state index contributed by atoms with van der Waals surface area (Å²) in [6.07, 6.45) is 5.12. The van der Waals surface area contributed by atoms with Gasteiger partial charge in [-0.15, -0.1) is 0 Å². The summed E-state index contributed by atoms with van der Waals surface area (Å²) in [7, 11) is 0. The Balaban J connectivity index is 1.39. The van der Waals surface area contributed by atoms with E-state index in [2.05, 4.69) is 62.4 Å². The zero-order valence-corrected chi connectivity index (χ0v) is 26.4. The Bertz CT molecular complexity index is 1780. The molecule has 6 rings (SSSR count). The van der Waals surface area contributed by atoms with Gasteiger partial charge in [0, 0.05) is 11.1 Å². The van der Waals surface area contributed by atoms with Crippen molar-refractivity contribution >= 4 is 0 Å². The van der Waals surface area contributed by atoms with Crippen molar-refractivity contribution in [1.29, 1.82) is 0 Å². The predicted octanol–water partition coefficient (Wildman–Crippen LogP) is 10.4. The van der Waals surface area contributed by atoms with Crippen LogP contribution in [0.5, 0.6) is 11.5 Å². The zero-order chi connectivity index (χ0) is 31.9. The molecule has 5 heteroatoms. The van der Waals surface area contributed by atoms with Crippen molar-refractivity contribution in [3.63, 3.8) is 0 Å². The lowest BCUT2D eigenvalue weighted by atomic mass is 9.99. The molecule has 5 aromatic carbocycles. The molecule has 0 fully saturated rings. The number of aromatic hydroxyl groups is 2. The van der Waals surface area contributed by atoms with E-state index in [1.54, 1.807) is 12.1 Å². The Morgan fingerprint density at radius 1 is 0.478 bits per heavy atom. The van der Waals surface area contributed by atoms with Gasteiger partial charge in [-0.25, -0.2) is 15.0 Å². The van der Waals surface area contributed by atoms with Gasteiger partial charge in [0.25, 0.3) is 0 Å². The van der Waals surface area contributed by atoms with Crippen molar-refractivity contribution < 1.29 is 10.2 Å². The van der Waals surface area contributed by atoms with Crippen molar-refractivity contribution in [2.24, 2.45) is 5.92 Å². The Labute approximate surface area is 271 Å². The number of hydrogen-bond donors (Lipinski definition) is 2. The Kier molecular flexibility index (Phi) is 9.49. The molecule has 0 amide bonds.